The van der Waals surface area contributed by atoms with E-state index in [2.05, 4.69) is 4.90 Å². The highest BCUT2D eigenvalue weighted by atomic mass is 16.3. The van der Waals surface area contributed by atoms with Crippen LogP contribution in [0.3, 0.4) is 0 Å². The Morgan fingerprint density at radius 1 is 1.10 bits per heavy atom. The van der Waals surface area contributed by atoms with Crippen LogP contribution in [-0.2, 0) is 4.79 Å². The zero-order valence-corrected chi connectivity index (χ0v) is 13.6. The summed E-state index contributed by atoms with van der Waals surface area (Å²) in [5, 5.41) is 9.63. The topological polar surface area (TPSA) is 43.8 Å². The summed E-state index contributed by atoms with van der Waals surface area (Å²) in [6.45, 7) is 8.98. The molecule has 0 bridgehead atoms. The fraction of sp³-hybridized carbons (Fsp3) is 0.824. The Morgan fingerprint density at radius 3 is 2.29 bits per heavy atom. The van der Waals surface area contributed by atoms with E-state index in [1.807, 2.05) is 18.7 Å². The Labute approximate surface area is 128 Å². The number of rotatable bonds is 4. The van der Waals surface area contributed by atoms with Crippen LogP contribution in [0, 0.1) is 11.8 Å². The summed E-state index contributed by atoms with van der Waals surface area (Å²) >= 11 is 0. The fourth-order valence-corrected chi connectivity index (χ4v) is 3.52. The van der Waals surface area contributed by atoms with Crippen molar-refractivity contribution in [1.82, 2.24) is 9.80 Å². The van der Waals surface area contributed by atoms with Crippen LogP contribution in [0.1, 0.15) is 39.5 Å². The Kier molecular flexibility index (Phi) is 6.24. The van der Waals surface area contributed by atoms with Gasteiger partial charge in [-0.2, -0.15) is 0 Å². The largest absolute Gasteiger partial charge is 0.396 e. The van der Waals surface area contributed by atoms with Gasteiger partial charge in [-0.15, -0.1) is 0 Å². The van der Waals surface area contributed by atoms with E-state index in [0.717, 1.165) is 18.7 Å². The van der Waals surface area contributed by atoms with Crippen molar-refractivity contribution < 1.29 is 9.90 Å². The Hall–Kier alpha value is -0.870. The lowest BCUT2D eigenvalue weighted by molar-refractivity contribution is -0.125. The van der Waals surface area contributed by atoms with E-state index in [0.29, 0.717) is 12.5 Å². The highest BCUT2D eigenvalue weighted by molar-refractivity contribution is 5.88. The second-order valence-electron chi connectivity index (χ2n) is 6.88. The maximum absolute atomic E-state index is 12.2. The maximum atomic E-state index is 12.2. The first-order chi connectivity index (χ1) is 10.1. The van der Waals surface area contributed by atoms with E-state index in [4.69, 9.17) is 0 Å². The van der Waals surface area contributed by atoms with Crippen LogP contribution in [0.25, 0.3) is 0 Å². The highest BCUT2D eigenvalue weighted by Crippen LogP contribution is 2.25. The van der Waals surface area contributed by atoms with Crippen LogP contribution in [0.2, 0.25) is 0 Å². The van der Waals surface area contributed by atoms with Gasteiger partial charge in [0.2, 0.25) is 5.91 Å². The van der Waals surface area contributed by atoms with Gasteiger partial charge in [-0.3, -0.25) is 4.79 Å². The van der Waals surface area contributed by atoms with Crippen molar-refractivity contribution >= 4 is 5.91 Å². The number of carbonyl (C=O) groups excluding carboxylic acids is 1. The van der Waals surface area contributed by atoms with Gasteiger partial charge in [0.25, 0.3) is 0 Å². The van der Waals surface area contributed by atoms with Gasteiger partial charge in [0.1, 0.15) is 0 Å². The second-order valence-corrected chi connectivity index (χ2v) is 6.88. The van der Waals surface area contributed by atoms with Gasteiger partial charge in [0, 0.05) is 38.2 Å². The molecule has 0 saturated carbocycles. The van der Waals surface area contributed by atoms with Crippen LogP contribution in [0.15, 0.2) is 11.6 Å². The second kappa shape index (κ2) is 7.95. The predicted molar refractivity (Wildman–Crippen MR) is 85.0 cm³/mol. The molecule has 0 aliphatic carbocycles. The molecule has 0 aromatic carbocycles. The van der Waals surface area contributed by atoms with Crippen molar-refractivity contribution in [3.05, 3.63) is 11.6 Å². The van der Waals surface area contributed by atoms with Gasteiger partial charge in [0.15, 0.2) is 0 Å². The third-order valence-corrected chi connectivity index (χ3v) is 4.73. The molecular weight excluding hydrogens is 264 g/mol. The summed E-state index contributed by atoms with van der Waals surface area (Å²) in [5.74, 6) is 0.761. The van der Waals surface area contributed by atoms with Gasteiger partial charge in [-0.25, -0.2) is 0 Å². The first-order valence-electron chi connectivity index (χ1n) is 8.37. The lowest BCUT2D eigenvalue weighted by atomic mass is 9.96. The number of hydrogen-bond donors (Lipinski definition) is 1. The van der Waals surface area contributed by atoms with Crippen molar-refractivity contribution in [3.63, 3.8) is 0 Å². The van der Waals surface area contributed by atoms with Gasteiger partial charge in [-0.1, -0.05) is 18.4 Å². The maximum Gasteiger partial charge on any atom is 0.246 e. The standard InChI is InChI=1S/C17H30N2O2/c1-14(2)9-17(21)19-11-15(16(12-19)13-20)10-18-7-5-3-4-6-8-18/h9,15-16,20H,3-8,10-13H2,1-2H3/t15-,16-/m1/s1. The van der Waals surface area contributed by atoms with Crippen molar-refractivity contribution in [3.8, 4) is 0 Å². The smallest absolute Gasteiger partial charge is 0.246 e. The summed E-state index contributed by atoms with van der Waals surface area (Å²) in [4.78, 5) is 16.6. The predicted octanol–water partition coefficient (Wildman–Crippen LogP) is 1.90. The highest BCUT2D eigenvalue weighted by Gasteiger charge is 2.35. The Bertz CT molecular complexity index is 369. The zero-order valence-electron chi connectivity index (χ0n) is 13.6. The minimum atomic E-state index is 0.104. The van der Waals surface area contributed by atoms with Crippen molar-refractivity contribution in [2.75, 3.05) is 39.3 Å². The average molecular weight is 294 g/mol. The molecule has 4 heteroatoms. The van der Waals surface area contributed by atoms with Crippen LogP contribution in [0.5, 0.6) is 0 Å². The summed E-state index contributed by atoms with van der Waals surface area (Å²) in [5.41, 5.74) is 1.04. The van der Waals surface area contributed by atoms with E-state index >= 15 is 0 Å². The quantitative estimate of drug-likeness (QED) is 0.805. The van der Waals surface area contributed by atoms with Crippen molar-refractivity contribution in [1.29, 1.82) is 0 Å². The van der Waals surface area contributed by atoms with E-state index in [-0.39, 0.29) is 18.4 Å². The molecule has 2 atom stereocenters. The molecular formula is C17H30N2O2. The minimum absolute atomic E-state index is 0.104. The SMILES string of the molecule is CC(C)=CC(=O)N1C[C@@H](CN2CCCCCC2)[C@@H](CO)C1. The van der Waals surface area contributed by atoms with Crippen molar-refractivity contribution in [2.24, 2.45) is 11.8 Å². The number of carbonyl (C=O) groups is 1. The molecule has 1 N–H and O–H groups in total. The number of allylic oxidation sites excluding steroid dienone is 1. The van der Waals surface area contributed by atoms with E-state index in [1.165, 1.54) is 38.8 Å². The zero-order chi connectivity index (χ0) is 15.2. The van der Waals surface area contributed by atoms with Crippen LogP contribution < -0.4 is 0 Å². The molecule has 0 spiro atoms. The average Bonchev–Trinajstić information content (AvgIpc) is 2.66. The third-order valence-electron chi connectivity index (χ3n) is 4.73. The first kappa shape index (κ1) is 16.5. The summed E-state index contributed by atoms with van der Waals surface area (Å²) in [6, 6.07) is 0. The van der Waals surface area contributed by atoms with Gasteiger partial charge in [-0.05, 0) is 45.7 Å². The molecule has 2 fully saturated rings. The molecule has 2 heterocycles. The molecule has 0 unspecified atom stereocenters. The molecule has 1 amide bonds. The normalized spacial score (nSPS) is 27.5. The van der Waals surface area contributed by atoms with E-state index in [9.17, 15) is 9.90 Å². The third kappa shape index (κ3) is 4.82. The van der Waals surface area contributed by atoms with Crippen LogP contribution in [-0.4, -0.2) is 60.1 Å². The summed E-state index contributed by atoms with van der Waals surface area (Å²) in [6.07, 6.45) is 6.97. The molecule has 2 aliphatic heterocycles. The number of amides is 1. The molecule has 0 radical (unpaired) electrons. The van der Waals surface area contributed by atoms with Crippen LogP contribution in [0.4, 0.5) is 0 Å². The van der Waals surface area contributed by atoms with Gasteiger partial charge >= 0.3 is 0 Å². The molecule has 2 rings (SSSR count). The number of likely N-dealkylation sites (tertiary alicyclic amines) is 2. The monoisotopic (exact) mass is 294 g/mol. The molecule has 2 aliphatic rings. The lowest BCUT2D eigenvalue weighted by Crippen LogP contribution is -2.34. The first-order valence-corrected chi connectivity index (χ1v) is 8.37. The van der Waals surface area contributed by atoms with Crippen molar-refractivity contribution in [2.45, 2.75) is 39.5 Å². The van der Waals surface area contributed by atoms with E-state index in [1.54, 1.807) is 6.08 Å². The van der Waals surface area contributed by atoms with Gasteiger partial charge in [0.05, 0.1) is 0 Å². The lowest BCUT2D eigenvalue weighted by Gasteiger charge is -2.26. The van der Waals surface area contributed by atoms with E-state index < -0.39 is 0 Å². The molecule has 21 heavy (non-hydrogen) atoms. The number of hydrogen-bond acceptors (Lipinski definition) is 3. The Balaban J connectivity index is 1.92. The Morgan fingerprint density at radius 2 is 1.71 bits per heavy atom. The number of aliphatic hydroxyl groups is 1. The molecule has 0 aromatic heterocycles. The minimum Gasteiger partial charge on any atom is -0.396 e. The number of aliphatic hydroxyl groups excluding tert-OH is 1. The summed E-state index contributed by atoms with van der Waals surface area (Å²) < 4.78 is 0. The molecule has 120 valence electrons. The molecule has 2 saturated heterocycles. The fourth-order valence-electron chi connectivity index (χ4n) is 3.52. The number of nitrogens with zero attached hydrogens (tertiary/aromatic N) is 2. The van der Waals surface area contributed by atoms with Crippen LogP contribution >= 0.6 is 0 Å². The molecule has 0 aromatic rings. The molecule has 4 nitrogen and oxygen atoms in total. The summed E-state index contributed by atoms with van der Waals surface area (Å²) in [7, 11) is 0. The van der Waals surface area contributed by atoms with Gasteiger partial charge < -0.3 is 14.9 Å².